The third-order valence-electron chi connectivity index (χ3n) is 2.02. The Morgan fingerprint density at radius 2 is 2.20 bits per heavy atom. The summed E-state index contributed by atoms with van der Waals surface area (Å²) in [6.07, 6.45) is 1.66. The molecule has 0 saturated heterocycles. The van der Waals surface area contributed by atoms with Gasteiger partial charge in [0.05, 0.1) is 12.8 Å². The molecule has 0 spiro atoms. The second-order valence-corrected chi connectivity index (χ2v) is 4.01. The molecule has 1 aromatic rings. The highest BCUT2D eigenvalue weighted by molar-refractivity contribution is 9.10. The molecular formula is C12H14BrNO. The Labute approximate surface area is 98.8 Å². The highest BCUT2D eigenvalue weighted by Gasteiger charge is 2.06. The maximum Gasteiger partial charge on any atom is 0.143 e. The maximum absolute atomic E-state index is 5.26. The fourth-order valence-electron chi connectivity index (χ4n) is 1.15. The molecule has 3 heteroatoms. The number of rotatable bonds is 4. The SMILES string of the molecule is C=CC(=C)Nc1cc(C)c(Br)cc1OC. The zero-order valence-electron chi connectivity index (χ0n) is 8.93. The second-order valence-electron chi connectivity index (χ2n) is 3.16. The minimum Gasteiger partial charge on any atom is -0.495 e. The van der Waals surface area contributed by atoms with Crippen LogP contribution in [0.3, 0.4) is 0 Å². The van der Waals surface area contributed by atoms with Crippen molar-refractivity contribution in [3.63, 3.8) is 0 Å². The lowest BCUT2D eigenvalue weighted by Crippen LogP contribution is -1.98. The Kier molecular flexibility index (Phi) is 3.97. The van der Waals surface area contributed by atoms with Crippen LogP contribution in [0, 0.1) is 6.92 Å². The van der Waals surface area contributed by atoms with E-state index >= 15 is 0 Å². The first-order valence-corrected chi connectivity index (χ1v) is 5.30. The number of hydrogen-bond donors (Lipinski definition) is 1. The quantitative estimate of drug-likeness (QED) is 0.837. The minimum atomic E-state index is 0.745. The number of allylic oxidation sites excluding steroid dienone is 1. The number of anilines is 1. The molecule has 0 saturated carbocycles. The van der Waals surface area contributed by atoms with Crippen LogP contribution in [0.1, 0.15) is 5.56 Å². The van der Waals surface area contributed by atoms with Gasteiger partial charge in [-0.05, 0) is 30.7 Å². The molecule has 0 aliphatic carbocycles. The van der Waals surface area contributed by atoms with Crippen molar-refractivity contribution in [1.82, 2.24) is 0 Å². The van der Waals surface area contributed by atoms with Crippen LogP contribution in [0.2, 0.25) is 0 Å². The van der Waals surface area contributed by atoms with E-state index in [4.69, 9.17) is 4.74 Å². The van der Waals surface area contributed by atoms with Gasteiger partial charge in [0, 0.05) is 10.2 Å². The molecule has 1 N–H and O–H groups in total. The van der Waals surface area contributed by atoms with E-state index in [9.17, 15) is 0 Å². The molecule has 80 valence electrons. The summed E-state index contributed by atoms with van der Waals surface area (Å²) in [5, 5.41) is 3.12. The van der Waals surface area contributed by atoms with E-state index in [0.29, 0.717) is 0 Å². The molecule has 0 heterocycles. The Hall–Kier alpha value is -1.22. The van der Waals surface area contributed by atoms with E-state index in [1.807, 2.05) is 19.1 Å². The fourth-order valence-corrected chi connectivity index (χ4v) is 1.48. The van der Waals surface area contributed by atoms with Gasteiger partial charge in [0.1, 0.15) is 5.75 Å². The fraction of sp³-hybridized carbons (Fsp3) is 0.167. The van der Waals surface area contributed by atoms with Crippen molar-refractivity contribution in [1.29, 1.82) is 0 Å². The number of methoxy groups -OCH3 is 1. The van der Waals surface area contributed by atoms with Crippen LogP contribution in [0.4, 0.5) is 5.69 Å². The van der Waals surface area contributed by atoms with Gasteiger partial charge in [0.2, 0.25) is 0 Å². The zero-order chi connectivity index (χ0) is 11.4. The molecule has 0 amide bonds. The predicted molar refractivity (Wildman–Crippen MR) is 68.4 cm³/mol. The second kappa shape index (κ2) is 5.03. The highest BCUT2D eigenvalue weighted by atomic mass is 79.9. The van der Waals surface area contributed by atoms with Gasteiger partial charge in [-0.3, -0.25) is 0 Å². The lowest BCUT2D eigenvalue weighted by molar-refractivity contribution is 0.416. The third-order valence-corrected chi connectivity index (χ3v) is 2.88. The lowest BCUT2D eigenvalue weighted by Gasteiger charge is -2.12. The van der Waals surface area contributed by atoms with Crippen molar-refractivity contribution in [3.05, 3.63) is 47.1 Å². The molecule has 0 aliphatic heterocycles. The summed E-state index contributed by atoms with van der Waals surface area (Å²) in [7, 11) is 1.64. The molecule has 1 aromatic carbocycles. The number of benzene rings is 1. The number of ether oxygens (including phenoxy) is 1. The molecule has 1 rings (SSSR count). The van der Waals surface area contributed by atoms with Crippen molar-refractivity contribution >= 4 is 21.6 Å². The molecule has 2 nitrogen and oxygen atoms in total. The van der Waals surface area contributed by atoms with Gasteiger partial charge >= 0.3 is 0 Å². The average Bonchev–Trinajstić information content (AvgIpc) is 2.22. The van der Waals surface area contributed by atoms with E-state index < -0.39 is 0 Å². The van der Waals surface area contributed by atoms with Crippen LogP contribution in [-0.2, 0) is 0 Å². The molecular weight excluding hydrogens is 254 g/mol. The number of nitrogens with one attached hydrogen (secondary N) is 1. The summed E-state index contributed by atoms with van der Waals surface area (Å²) in [6, 6.07) is 3.92. The van der Waals surface area contributed by atoms with Crippen LogP contribution in [-0.4, -0.2) is 7.11 Å². The summed E-state index contributed by atoms with van der Waals surface area (Å²) in [5.74, 6) is 0.774. The summed E-state index contributed by atoms with van der Waals surface area (Å²) in [4.78, 5) is 0. The maximum atomic E-state index is 5.26. The number of halogens is 1. The Bertz CT molecular complexity index is 399. The van der Waals surface area contributed by atoms with Crippen molar-refractivity contribution in [2.75, 3.05) is 12.4 Å². The zero-order valence-corrected chi connectivity index (χ0v) is 10.5. The summed E-state index contributed by atoms with van der Waals surface area (Å²) in [5.41, 5.74) is 2.77. The average molecular weight is 268 g/mol. The first-order valence-electron chi connectivity index (χ1n) is 4.51. The normalized spacial score (nSPS) is 9.53. The standard InChI is InChI=1S/C12H14BrNO/c1-5-9(3)14-11-6-8(2)10(13)7-12(11)15-4/h5-7,14H,1,3H2,2,4H3. The summed E-state index contributed by atoms with van der Waals surface area (Å²) in [6.45, 7) is 9.46. The van der Waals surface area contributed by atoms with Crippen LogP contribution in [0.5, 0.6) is 5.75 Å². The monoisotopic (exact) mass is 267 g/mol. The van der Waals surface area contributed by atoms with E-state index in [0.717, 1.165) is 27.2 Å². The van der Waals surface area contributed by atoms with Gasteiger partial charge in [0.25, 0.3) is 0 Å². The molecule has 15 heavy (non-hydrogen) atoms. The van der Waals surface area contributed by atoms with Crippen LogP contribution < -0.4 is 10.1 Å². The van der Waals surface area contributed by atoms with E-state index in [1.165, 1.54) is 0 Å². The number of hydrogen-bond acceptors (Lipinski definition) is 2. The first kappa shape index (κ1) is 11.9. The Balaban J connectivity index is 3.10. The molecule has 0 bridgehead atoms. The molecule has 0 aliphatic rings. The molecule has 0 aromatic heterocycles. The highest BCUT2D eigenvalue weighted by Crippen LogP contribution is 2.31. The van der Waals surface area contributed by atoms with Crippen molar-refractivity contribution in [2.45, 2.75) is 6.92 Å². The van der Waals surface area contributed by atoms with Gasteiger partial charge in [-0.15, -0.1) is 0 Å². The van der Waals surface area contributed by atoms with Gasteiger partial charge < -0.3 is 10.1 Å². The van der Waals surface area contributed by atoms with Crippen molar-refractivity contribution in [2.24, 2.45) is 0 Å². The van der Waals surface area contributed by atoms with Gasteiger partial charge in [-0.1, -0.05) is 29.1 Å². The van der Waals surface area contributed by atoms with Crippen LogP contribution in [0.15, 0.2) is 41.5 Å². The van der Waals surface area contributed by atoms with Crippen LogP contribution in [0.25, 0.3) is 0 Å². The first-order chi connectivity index (χ1) is 7.08. The summed E-state index contributed by atoms with van der Waals surface area (Å²) < 4.78 is 6.28. The third kappa shape index (κ3) is 2.86. The lowest BCUT2D eigenvalue weighted by atomic mass is 10.2. The topological polar surface area (TPSA) is 21.3 Å². The molecule has 0 atom stereocenters. The van der Waals surface area contributed by atoms with E-state index in [1.54, 1.807) is 13.2 Å². The Morgan fingerprint density at radius 1 is 1.53 bits per heavy atom. The van der Waals surface area contributed by atoms with Crippen molar-refractivity contribution < 1.29 is 4.74 Å². The minimum absolute atomic E-state index is 0.745. The van der Waals surface area contributed by atoms with Crippen LogP contribution >= 0.6 is 15.9 Å². The van der Waals surface area contributed by atoms with Gasteiger partial charge in [-0.2, -0.15) is 0 Å². The van der Waals surface area contributed by atoms with Crippen molar-refractivity contribution in [3.8, 4) is 5.75 Å². The number of aryl methyl sites for hydroxylation is 1. The summed E-state index contributed by atoms with van der Waals surface area (Å²) >= 11 is 3.45. The van der Waals surface area contributed by atoms with Gasteiger partial charge in [0.15, 0.2) is 0 Å². The van der Waals surface area contributed by atoms with Gasteiger partial charge in [-0.25, -0.2) is 0 Å². The smallest absolute Gasteiger partial charge is 0.143 e. The molecule has 0 unspecified atom stereocenters. The Morgan fingerprint density at radius 3 is 2.73 bits per heavy atom. The molecule has 0 radical (unpaired) electrons. The predicted octanol–water partition coefficient (Wildman–Crippen LogP) is 3.88. The molecule has 0 fully saturated rings. The van der Waals surface area contributed by atoms with E-state index in [2.05, 4.69) is 34.4 Å². The van der Waals surface area contributed by atoms with E-state index in [-0.39, 0.29) is 0 Å². The largest absolute Gasteiger partial charge is 0.495 e.